The van der Waals surface area contributed by atoms with Crippen molar-refractivity contribution in [3.05, 3.63) is 119 Å². The van der Waals surface area contributed by atoms with Crippen molar-refractivity contribution >= 4 is 5.97 Å². The molecule has 1 aliphatic rings. The average molecular weight is 514 g/mol. The van der Waals surface area contributed by atoms with Crippen molar-refractivity contribution in [2.24, 2.45) is 0 Å². The predicted molar refractivity (Wildman–Crippen MR) is 150 cm³/mol. The van der Waals surface area contributed by atoms with Gasteiger partial charge in [0.15, 0.2) is 0 Å². The number of piperidine rings is 1. The molecule has 0 bridgehead atoms. The van der Waals surface area contributed by atoms with Gasteiger partial charge in [0.05, 0.1) is 32.5 Å². The van der Waals surface area contributed by atoms with Gasteiger partial charge in [-0.25, -0.2) is 4.79 Å². The first kappa shape index (κ1) is 27.8. The van der Waals surface area contributed by atoms with Crippen LogP contribution >= 0.6 is 0 Å². The molecule has 0 aliphatic carbocycles. The van der Waals surface area contributed by atoms with Crippen molar-refractivity contribution < 1.29 is 19.0 Å². The van der Waals surface area contributed by atoms with Crippen LogP contribution in [0.3, 0.4) is 0 Å². The van der Waals surface area contributed by atoms with Crippen molar-refractivity contribution in [1.82, 2.24) is 4.90 Å². The van der Waals surface area contributed by atoms with Gasteiger partial charge in [0.2, 0.25) is 0 Å². The van der Waals surface area contributed by atoms with E-state index in [2.05, 4.69) is 60.4 Å². The Labute approximate surface area is 227 Å². The van der Waals surface area contributed by atoms with E-state index in [1.54, 1.807) is 6.08 Å². The maximum atomic E-state index is 12.3. The number of carbonyl (C=O) groups is 1. The highest BCUT2D eigenvalue weighted by atomic mass is 16.5. The molecule has 5 nitrogen and oxygen atoms in total. The molecule has 3 aromatic rings. The van der Waals surface area contributed by atoms with E-state index in [1.807, 2.05) is 49.4 Å². The Kier molecular flexibility index (Phi) is 10.7. The Morgan fingerprint density at radius 1 is 0.921 bits per heavy atom. The van der Waals surface area contributed by atoms with Gasteiger partial charge in [0.25, 0.3) is 0 Å². The van der Waals surface area contributed by atoms with Gasteiger partial charge in [-0.15, -0.1) is 0 Å². The minimum Gasteiger partial charge on any atom is -0.463 e. The second-order valence-electron chi connectivity index (χ2n) is 9.74. The van der Waals surface area contributed by atoms with Crippen LogP contribution in [0.2, 0.25) is 0 Å². The minimum atomic E-state index is -0.270. The fraction of sp³-hybridized carbons (Fsp3) is 0.364. The number of nitrogens with zero attached hydrogens (tertiary/aromatic N) is 1. The zero-order valence-electron chi connectivity index (χ0n) is 22.5. The number of hydrogen-bond donors (Lipinski definition) is 0. The van der Waals surface area contributed by atoms with E-state index in [0.29, 0.717) is 26.4 Å². The molecule has 0 amide bonds. The van der Waals surface area contributed by atoms with E-state index in [0.717, 1.165) is 36.1 Å². The van der Waals surface area contributed by atoms with Crippen LogP contribution in [-0.2, 0) is 32.2 Å². The maximum absolute atomic E-state index is 12.3. The largest absolute Gasteiger partial charge is 0.463 e. The van der Waals surface area contributed by atoms with Crippen LogP contribution in [-0.4, -0.2) is 42.8 Å². The zero-order valence-corrected chi connectivity index (χ0v) is 22.5. The molecule has 3 atom stereocenters. The van der Waals surface area contributed by atoms with E-state index in [9.17, 15) is 4.79 Å². The number of benzene rings is 3. The number of ether oxygens (including phenoxy) is 3. The van der Waals surface area contributed by atoms with Gasteiger partial charge in [0, 0.05) is 24.7 Å². The summed E-state index contributed by atoms with van der Waals surface area (Å²) in [4.78, 5) is 14.8. The van der Waals surface area contributed by atoms with Crippen LogP contribution in [0.15, 0.2) is 103 Å². The summed E-state index contributed by atoms with van der Waals surface area (Å²) < 4.78 is 18.1. The summed E-state index contributed by atoms with van der Waals surface area (Å²) >= 11 is 0. The topological polar surface area (TPSA) is 48.0 Å². The Morgan fingerprint density at radius 2 is 1.53 bits per heavy atom. The van der Waals surface area contributed by atoms with Crippen molar-refractivity contribution in [3.63, 3.8) is 0 Å². The van der Waals surface area contributed by atoms with E-state index in [1.165, 1.54) is 5.56 Å². The summed E-state index contributed by atoms with van der Waals surface area (Å²) in [6.45, 7) is 6.77. The van der Waals surface area contributed by atoms with E-state index < -0.39 is 0 Å². The highest BCUT2D eigenvalue weighted by molar-refractivity contribution is 5.82. The minimum absolute atomic E-state index is 0.0409. The van der Waals surface area contributed by atoms with Gasteiger partial charge in [-0.2, -0.15) is 0 Å². The molecule has 0 saturated carbocycles. The summed E-state index contributed by atoms with van der Waals surface area (Å²) in [5.41, 5.74) is 4.63. The summed E-state index contributed by atoms with van der Waals surface area (Å²) in [7, 11) is 0. The molecule has 1 aliphatic heterocycles. The number of carbonyl (C=O) groups excluding carboxylic acids is 1. The molecule has 0 N–H and O–H groups in total. The predicted octanol–water partition coefficient (Wildman–Crippen LogP) is 6.50. The highest BCUT2D eigenvalue weighted by Gasteiger charge is 2.36. The van der Waals surface area contributed by atoms with Crippen LogP contribution < -0.4 is 0 Å². The molecule has 38 heavy (non-hydrogen) atoms. The third kappa shape index (κ3) is 8.12. The molecule has 5 heteroatoms. The van der Waals surface area contributed by atoms with E-state index in [-0.39, 0.29) is 24.2 Å². The Hall–Kier alpha value is -3.25. The molecule has 0 spiro atoms. The standard InChI is InChI=1S/C33H39NO4/c1-3-37-33(35)22-29-19-20-34(26(2)30-17-11-6-12-18-30)31(21-29)32(38-24-28-15-9-5-10-16-28)25-36-23-27-13-7-4-8-14-27/h4-18,22,26,31-32H,3,19-21,23-25H2,1-2H3/b29-22+/t26-,31+,32+/m0/s1. The van der Waals surface area contributed by atoms with Gasteiger partial charge in [0.1, 0.15) is 0 Å². The van der Waals surface area contributed by atoms with E-state index >= 15 is 0 Å². The highest BCUT2D eigenvalue weighted by Crippen LogP contribution is 2.33. The molecule has 4 rings (SSSR count). The monoisotopic (exact) mass is 513 g/mol. The smallest absolute Gasteiger partial charge is 0.330 e. The molecule has 1 saturated heterocycles. The van der Waals surface area contributed by atoms with Crippen molar-refractivity contribution in [2.75, 3.05) is 19.8 Å². The molecule has 3 aromatic carbocycles. The van der Waals surface area contributed by atoms with Crippen LogP contribution in [0.25, 0.3) is 0 Å². The van der Waals surface area contributed by atoms with Crippen LogP contribution in [0.4, 0.5) is 0 Å². The van der Waals surface area contributed by atoms with Gasteiger partial charge in [-0.05, 0) is 43.4 Å². The number of hydrogen-bond acceptors (Lipinski definition) is 5. The normalized spacial score (nSPS) is 18.7. The van der Waals surface area contributed by atoms with Gasteiger partial charge in [-0.3, -0.25) is 4.90 Å². The SMILES string of the molecule is CCOC(=O)/C=C1\CCN([C@@H](C)c2ccccc2)[C@@H]([C@@H](COCc2ccccc2)OCc2ccccc2)C1. The lowest BCUT2D eigenvalue weighted by Gasteiger charge is -2.44. The Balaban J connectivity index is 1.58. The number of rotatable bonds is 12. The van der Waals surface area contributed by atoms with Crippen molar-refractivity contribution in [2.45, 2.75) is 58.1 Å². The molecule has 0 unspecified atom stereocenters. The number of esters is 1. The molecule has 1 heterocycles. The second kappa shape index (κ2) is 14.6. The quantitative estimate of drug-likeness (QED) is 0.204. The lowest BCUT2D eigenvalue weighted by molar-refractivity contribution is -0.137. The molecular formula is C33H39NO4. The molecular weight excluding hydrogens is 474 g/mol. The average Bonchev–Trinajstić information content (AvgIpc) is 2.96. The van der Waals surface area contributed by atoms with Crippen LogP contribution in [0, 0.1) is 0 Å². The fourth-order valence-electron chi connectivity index (χ4n) is 5.07. The van der Waals surface area contributed by atoms with Crippen LogP contribution in [0.5, 0.6) is 0 Å². The van der Waals surface area contributed by atoms with Crippen molar-refractivity contribution in [3.8, 4) is 0 Å². The second-order valence-corrected chi connectivity index (χ2v) is 9.74. The zero-order chi connectivity index (χ0) is 26.6. The molecule has 200 valence electrons. The Morgan fingerprint density at radius 3 is 2.16 bits per heavy atom. The van der Waals surface area contributed by atoms with Gasteiger partial charge >= 0.3 is 5.97 Å². The van der Waals surface area contributed by atoms with E-state index in [4.69, 9.17) is 14.2 Å². The first-order valence-corrected chi connectivity index (χ1v) is 13.6. The maximum Gasteiger partial charge on any atom is 0.330 e. The first-order valence-electron chi connectivity index (χ1n) is 13.6. The Bertz CT molecular complexity index is 1130. The van der Waals surface area contributed by atoms with Crippen LogP contribution in [0.1, 0.15) is 49.4 Å². The fourth-order valence-corrected chi connectivity index (χ4v) is 5.07. The molecule has 0 aromatic heterocycles. The van der Waals surface area contributed by atoms with Gasteiger partial charge in [-0.1, -0.05) is 96.6 Å². The summed E-state index contributed by atoms with van der Waals surface area (Å²) in [5.74, 6) is -0.270. The summed E-state index contributed by atoms with van der Waals surface area (Å²) in [5, 5.41) is 0. The van der Waals surface area contributed by atoms with Crippen molar-refractivity contribution in [1.29, 1.82) is 0 Å². The summed E-state index contributed by atoms with van der Waals surface area (Å²) in [6, 6.07) is 31.3. The van der Waals surface area contributed by atoms with Gasteiger partial charge < -0.3 is 14.2 Å². The third-order valence-electron chi connectivity index (χ3n) is 7.11. The first-order chi connectivity index (χ1) is 18.6. The lowest BCUT2D eigenvalue weighted by Crippen LogP contribution is -2.50. The third-order valence-corrected chi connectivity index (χ3v) is 7.11. The summed E-state index contributed by atoms with van der Waals surface area (Å²) in [6.07, 6.45) is 3.04. The molecule has 1 fully saturated rings. The molecule has 0 radical (unpaired) electrons. The lowest BCUT2D eigenvalue weighted by atomic mass is 9.90. The number of likely N-dealkylation sites (tertiary alicyclic amines) is 1.